The quantitative estimate of drug-likeness (QED) is 0.407. The first-order valence-corrected chi connectivity index (χ1v) is 7.00. The Labute approximate surface area is 182 Å². The fraction of sp³-hybridized carbons (Fsp3) is 0.0526. The molecule has 0 aliphatic carbocycles. The zero-order chi connectivity index (χ0) is 16.7. The van der Waals surface area contributed by atoms with Crippen LogP contribution >= 0.6 is 0 Å². The second kappa shape index (κ2) is 10.5. The maximum Gasteiger partial charge on any atom is 1.00 e. The Morgan fingerprint density at radius 2 is 1.38 bits per heavy atom. The molecule has 0 bridgehead atoms. The van der Waals surface area contributed by atoms with Crippen LogP contribution in [0.2, 0.25) is 0 Å². The van der Waals surface area contributed by atoms with Gasteiger partial charge < -0.3 is 15.0 Å². The number of aliphatic hydroxyl groups excluding tert-OH is 1. The first-order valence-electron chi connectivity index (χ1n) is 7.00. The van der Waals surface area contributed by atoms with Crippen LogP contribution in [-0.4, -0.2) is 16.9 Å². The number of benzene rings is 2. The Bertz CT molecular complexity index is 744. The molecule has 0 aromatic heterocycles. The van der Waals surface area contributed by atoms with Gasteiger partial charge in [-0.15, -0.1) is 0 Å². The normalized spacial score (nSPS) is 10.7. The second-order valence-corrected chi connectivity index (χ2v) is 4.87. The van der Waals surface area contributed by atoms with Crippen molar-refractivity contribution in [3.63, 3.8) is 0 Å². The number of hydrogen-bond acceptors (Lipinski definition) is 4. The molecule has 0 amide bonds. The Morgan fingerprint density at radius 1 is 0.875 bits per heavy atom. The molecule has 0 fully saturated rings. The number of carbonyl (C=O) groups excluding carboxylic acids is 2. The van der Waals surface area contributed by atoms with E-state index >= 15 is 0 Å². The van der Waals surface area contributed by atoms with E-state index in [2.05, 4.69) is 0 Å². The Hall–Kier alpha value is -1.34. The van der Waals surface area contributed by atoms with Gasteiger partial charge in [0.25, 0.3) is 0 Å². The molecule has 5 heteroatoms. The average Bonchev–Trinajstić information content (AvgIpc) is 2.58. The maximum absolute atomic E-state index is 12.0. The molecule has 4 nitrogen and oxygen atoms in total. The Morgan fingerprint density at radius 3 is 1.83 bits per heavy atom. The van der Waals surface area contributed by atoms with Gasteiger partial charge in [-0.2, -0.15) is 0 Å². The van der Waals surface area contributed by atoms with Crippen molar-refractivity contribution >= 4 is 23.9 Å². The minimum absolute atomic E-state index is 0. The topological polar surface area (TPSA) is 77.4 Å². The largest absolute Gasteiger partial charge is 1.00 e. The molecule has 2 aromatic rings. The van der Waals surface area contributed by atoms with Crippen LogP contribution in [0, 0.1) is 0 Å². The molecular weight excluding hydrogens is 331 g/mol. The molecule has 2 rings (SSSR count). The first-order chi connectivity index (χ1) is 11.1. The minimum atomic E-state index is -1.24. The molecule has 0 saturated carbocycles. The van der Waals surface area contributed by atoms with Gasteiger partial charge in [0.1, 0.15) is 0 Å². The van der Waals surface area contributed by atoms with Gasteiger partial charge in [-0.05, 0) is 28.8 Å². The van der Waals surface area contributed by atoms with E-state index in [0.717, 1.165) is 22.8 Å². The summed E-state index contributed by atoms with van der Waals surface area (Å²) in [6, 6.07) is 13.8. The summed E-state index contributed by atoms with van der Waals surface area (Å²) in [6.45, 7) is -0.0525. The molecule has 1 N–H and O–H groups in total. The average molecular weight is 346 g/mol. The van der Waals surface area contributed by atoms with E-state index in [4.69, 9.17) is 5.11 Å². The second-order valence-electron chi connectivity index (χ2n) is 4.87. The van der Waals surface area contributed by atoms with Gasteiger partial charge in [0.05, 0.1) is 12.6 Å². The van der Waals surface area contributed by atoms with Crippen molar-refractivity contribution in [2.45, 2.75) is 6.61 Å². The number of rotatable bonds is 6. The number of carboxylic acids is 1. The fourth-order valence-electron chi connectivity index (χ4n) is 1.93. The number of ketones is 1. The first kappa shape index (κ1) is 20.7. The molecule has 24 heavy (non-hydrogen) atoms. The van der Waals surface area contributed by atoms with Crippen LogP contribution in [0.4, 0.5) is 0 Å². The van der Waals surface area contributed by atoms with Crippen molar-refractivity contribution in [3.05, 3.63) is 82.9 Å². The van der Waals surface area contributed by atoms with E-state index < -0.39 is 5.97 Å². The molecule has 0 saturated heterocycles. The Balaban J connectivity index is 0.00000288. The van der Waals surface area contributed by atoms with Crippen molar-refractivity contribution in [2.24, 2.45) is 0 Å². The number of aliphatic carboxylic acids is 1. The van der Waals surface area contributed by atoms with E-state index in [1.54, 1.807) is 54.6 Å². The van der Waals surface area contributed by atoms with Crippen LogP contribution in [0.5, 0.6) is 0 Å². The summed E-state index contributed by atoms with van der Waals surface area (Å²) in [5.74, 6) is -1.37. The van der Waals surface area contributed by atoms with Crippen LogP contribution in [0.15, 0.2) is 60.7 Å². The van der Waals surface area contributed by atoms with Gasteiger partial charge in [-0.25, -0.2) is 0 Å². The number of carboxylic acid groups (broad SMARTS) is 1. The monoisotopic (exact) mass is 346 g/mol. The third kappa shape index (κ3) is 6.64. The molecule has 0 aliphatic heterocycles. The van der Waals surface area contributed by atoms with Crippen LogP contribution in [0.1, 0.15) is 27.0 Å². The summed E-state index contributed by atoms with van der Waals surface area (Å²) in [7, 11) is 0. The molecule has 0 aliphatic rings. The van der Waals surface area contributed by atoms with Crippen LogP contribution in [-0.2, 0) is 11.4 Å². The van der Waals surface area contributed by atoms with Crippen molar-refractivity contribution in [2.75, 3.05) is 0 Å². The summed E-state index contributed by atoms with van der Waals surface area (Å²) in [6.07, 6.45) is 5.57. The van der Waals surface area contributed by atoms with Gasteiger partial charge in [0, 0.05) is 5.56 Å². The van der Waals surface area contributed by atoms with Crippen molar-refractivity contribution in [1.29, 1.82) is 0 Å². The number of aliphatic hydroxyl groups is 1. The summed E-state index contributed by atoms with van der Waals surface area (Å²) < 4.78 is 0. The van der Waals surface area contributed by atoms with E-state index in [1.165, 1.54) is 12.2 Å². The van der Waals surface area contributed by atoms with E-state index in [0.29, 0.717) is 5.56 Å². The fourth-order valence-corrected chi connectivity index (χ4v) is 1.93. The van der Waals surface area contributed by atoms with Gasteiger partial charge in [0.15, 0.2) is 5.78 Å². The molecule has 116 valence electrons. The summed E-state index contributed by atoms with van der Waals surface area (Å²) in [5.41, 5.74) is 2.87. The number of carbonyl (C=O) groups is 2. The van der Waals surface area contributed by atoms with Crippen LogP contribution in [0.25, 0.3) is 12.2 Å². The minimum Gasteiger partial charge on any atom is -0.545 e. The molecule has 0 heterocycles. The third-order valence-corrected chi connectivity index (χ3v) is 3.20. The van der Waals surface area contributed by atoms with E-state index in [-0.39, 0.29) is 63.8 Å². The van der Waals surface area contributed by atoms with Crippen LogP contribution in [0.3, 0.4) is 0 Å². The van der Waals surface area contributed by atoms with Gasteiger partial charge in [-0.3, -0.25) is 4.79 Å². The predicted octanol–water partition coefficient (Wildman–Crippen LogP) is -1.16. The van der Waals surface area contributed by atoms with E-state index in [9.17, 15) is 14.7 Å². The molecular formula is C19H15KO4. The standard InChI is InChI=1S/C19H16O4.K/c20-13-16-5-9-17(10-6-16)18(21)11-7-14-1-3-15(4-2-14)8-12-19(22)23;/h1-12,20H,13H2,(H,22,23);/q;+1/p-1/b11-7+,12-8+;. The molecule has 0 unspecified atom stereocenters. The zero-order valence-electron chi connectivity index (χ0n) is 13.3. The van der Waals surface area contributed by atoms with Crippen LogP contribution < -0.4 is 56.5 Å². The van der Waals surface area contributed by atoms with E-state index in [1.807, 2.05) is 0 Å². The summed E-state index contributed by atoms with van der Waals surface area (Å²) in [4.78, 5) is 22.4. The van der Waals surface area contributed by atoms with Gasteiger partial charge in [-0.1, -0.05) is 60.7 Å². The van der Waals surface area contributed by atoms with Gasteiger partial charge >= 0.3 is 51.4 Å². The molecule has 2 aromatic carbocycles. The van der Waals surface area contributed by atoms with Crippen molar-refractivity contribution < 1.29 is 71.2 Å². The molecule has 0 atom stereocenters. The number of hydrogen-bond donors (Lipinski definition) is 1. The van der Waals surface area contributed by atoms with Gasteiger partial charge in [0.2, 0.25) is 0 Å². The maximum atomic E-state index is 12.0. The summed E-state index contributed by atoms with van der Waals surface area (Å²) >= 11 is 0. The smallest absolute Gasteiger partial charge is 0.545 e. The van der Waals surface area contributed by atoms with Crippen molar-refractivity contribution in [1.82, 2.24) is 0 Å². The molecule has 0 radical (unpaired) electrons. The van der Waals surface area contributed by atoms with Crippen molar-refractivity contribution in [3.8, 4) is 0 Å². The zero-order valence-corrected chi connectivity index (χ0v) is 16.4. The Kier molecular flexibility index (Phi) is 9.06. The SMILES string of the molecule is O=C([O-])/C=C/c1ccc(/C=C/C(=O)c2ccc(CO)cc2)cc1.[K+]. The molecule has 0 spiro atoms. The predicted molar refractivity (Wildman–Crippen MR) is 86.2 cm³/mol. The summed E-state index contributed by atoms with van der Waals surface area (Å²) in [5, 5.41) is 19.3. The third-order valence-electron chi connectivity index (χ3n) is 3.20. The number of allylic oxidation sites excluding steroid dienone is 1.